The first-order valence-corrected chi connectivity index (χ1v) is 10.5. The minimum atomic E-state index is -0.0207. The number of carbonyl (C=O) groups is 2. The van der Waals surface area contributed by atoms with Gasteiger partial charge in [-0.1, -0.05) is 24.3 Å². The first-order valence-electron chi connectivity index (χ1n) is 10.5. The largest absolute Gasteiger partial charge is 0.354 e. The zero-order valence-electron chi connectivity index (χ0n) is 16.2. The Morgan fingerprint density at radius 3 is 2.85 bits per heavy atom. The number of amides is 2. The highest BCUT2D eigenvalue weighted by Gasteiger charge is 2.46. The topological polar surface area (TPSA) is 61.4 Å². The average molecular weight is 370 g/mol. The van der Waals surface area contributed by atoms with Crippen LogP contribution in [0.25, 0.3) is 0 Å². The number of carbonyl (C=O) groups excluding carboxylic acids is 2. The summed E-state index contributed by atoms with van der Waals surface area (Å²) in [5.41, 5.74) is 2.62. The highest BCUT2D eigenvalue weighted by atomic mass is 16.2. The molecule has 2 aliphatic heterocycles. The Morgan fingerprint density at radius 1 is 1.22 bits per heavy atom. The summed E-state index contributed by atoms with van der Waals surface area (Å²) in [6, 6.07) is 8.41. The molecule has 4 rings (SSSR count). The summed E-state index contributed by atoms with van der Waals surface area (Å²) in [7, 11) is 0. The van der Waals surface area contributed by atoms with E-state index in [2.05, 4.69) is 46.7 Å². The van der Waals surface area contributed by atoms with Crippen molar-refractivity contribution in [1.82, 2.24) is 15.5 Å². The first kappa shape index (κ1) is 18.5. The number of hydrogen-bond acceptors (Lipinski definition) is 3. The van der Waals surface area contributed by atoms with E-state index >= 15 is 0 Å². The molecule has 4 atom stereocenters. The average Bonchev–Trinajstić information content (AvgIpc) is 3.28. The van der Waals surface area contributed by atoms with Crippen LogP contribution in [0.1, 0.15) is 49.1 Å². The smallest absolute Gasteiger partial charge is 0.237 e. The molecule has 0 bridgehead atoms. The summed E-state index contributed by atoms with van der Waals surface area (Å²) in [4.78, 5) is 27.2. The molecule has 1 aromatic carbocycles. The summed E-state index contributed by atoms with van der Waals surface area (Å²) in [6.45, 7) is 5.41. The molecule has 4 unspecified atom stereocenters. The SMILES string of the molecule is Cc1ccccc1C1CC1C(=O)N1CCCC(CNC(=O)C2CCCN2)C1. The second kappa shape index (κ2) is 8.01. The lowest BCUT2D eigenvalue weighted by atomic mass is 9.97. The van der Waals surface area contributed by atoms with Gasteiger partial charge in [-0.15, -0.1) is 0 Å². The summed E-state index contributed by atoms with van der Waals surface area (Å²) >= 11 is 0. The van der Waals surface area contributed by atoms with Gasteiger partial charge in [-0.25, -0.2) is 0 Å². The van der Waals surface area contributed by atoms with Crippen LogP contribution < -0.4 is 10.6 Å². The van der Waals surface area contributed by atoms with Crippen LogP contribution >= 0.6 is 0 Å². The number of hydrogen-bond donors (Lipinski definition) is 2. The lowest BCUT2D eigenvalue weighted by Crippen LogP contribution is -2.47. The highest BCUT2D eigenvalue weighted by molar-refractivity contribution is 5.83. The number of likely N-dealkylation sites (tertiary alicyclic amines) is 1. The number of nitrogens with one attached hydrogen (secondary N) is 2. The molecule has 2 saturated heterocycles. The summed E-state index contributed by atoms with van der Waals surface area (Å²) < 4.78 is 0. The van der Waals surface area contributed by atoms with Gasteiger partial charge in [0, 0.05) is 25.6 Å². The van der Waals surface area contributed by atoms with Crippen molar-refractivity contribution in [1.29, 1.82) is 0 Å². The van der Waals surface area contributed by atoms with Crippen LogP contribution in [0.4, 0.5) is 0 Å². The Bertz CT molecular complexity index is 699. The number of benzene rings is 1. The summed E-state index contributed by atoms with van der Waals surface area (Å²) in [5, 5.41) is 6.34. The van der Waals surface area contributed by atoms with E-state index in [-0.39, 0.29) is 17.9 Å². The van der Waals surface area contributed by atoms with Crippen LogP contribution in [-0.4, -0.2) is 48.9 Å². The maximum atomic E-state index is 13.0. The molecular formula is C22H31N3O2. The van der Waals surface area contributed by atoms with Gasteiger partial charge in [0.2, 0.25) is 11.8 Å². The number of piperidine rings is 1. The summed E-state index contributed by atoms with van der Waals surface area (Å²) in [5.74, 6) is 1.37. The molecule has 5 nitrogen and oxygen atoms in total. The van der Waals surface area contributed by atoms with Crippen molar-refractivity contribution in [2.45, 2.75) is 51.0 Å². The van der Waals surface area contributed by atoms with Crippen LogP contribution in [-0.2, 0) is 9.59 Å². The molecular weight excluding hydrogens is 338 g/mol. The summed E-state index contributed by atoms with van der Waals surface area (Å²) in [6.07, 6.45) is 5.12. The monoisotopic (exact) mass is 369 g/mol. The van der Waals surface area contributed by atoms with Crippen LogP contribution in [0, 0.1) is 18.8 Å². The number of rotatable bonds is 5. The Labute approximate surface area is 161 Å². The molecule has 2 heterocycles. The van der Waals surface area contributed by atoms with Crippen molar-refractivity contribution in [3.8, 4) is 0 Å². The Hall–Kier alpha value is -1.88. The third-order valence-electron chi connectivity index (χ3n) is 6.47. The van der Waals surface area contributed by atoms with Crippen molar-refractivity contribution in [2.75, 3.05) is 26.2 Å². The number of aryl methyl sites for hydroxylation is 1. The first-order chi connectivity index (χ1) is 13.1. The van der Waals surface area contributed by atoms with E-state index < -0.39 is 0 Å². The normalized spacial score (nSPS) is 30.2. The second-order valence-corrected chi connectivity index (χ2v) is 8.49. The molecule has 0 spiro atoms. The van der Waals surface area contributed by atoms with E-state index in [1.54, 1.807) is 0 Å². The quantitative estimate of drug-likeness (QED) is 0.837. The minimum absolute atomic E-state index is 0.0207. The fourth-order valence-electron chi connectivity index (χ4n) is 4.76. The molecule has 2 amide bonds. The van der Waals surface area contributed by atoms with Gasteiger partial charge in [-0.05, 0) is 68.5 Å². The molecule has 5 heteroatoms. The molecule has 146 valence electrons. The van der Waals surface area contributed by atoms with Gasteiger partial charge in [0.15, 0.2) is 0 Å². The van der Waals surface area contributed by atoms with Gasteiger partial charge >= 0.3 is 0 Å². The maximum absolute atomic E-state index is 13.0. The van der Waals surface area contributed by atoms with Crippen LogP contribution in [0.2, 0.25) is 0 Å². The van der Waals surface area contributed by atoms with E-state index in [1.165, 1.54) is 11.1 Å². The van der Waals surface area contributed by atoms with Gasteiger partial charge in [0.25, 0.3) is 0 Å². The predicted octanol–water partition coefficient (Wildman–Crippen LogP) is 2.21. The Kier molecular flexibility index (Phi) is 5.48. The molecule has 1 aromatic rings. The molecule has 0 radical (unpaired) electrons. The Balaban J connectivity index is 1.27. The molecule has 3 aliphatic rings. The molecule has 27 heavy (non-hydrogen) atoms. The molecule has 1 saturated carbocycles. The van der Waals surface area contributed by atoms with Crippen LogP contribution in [0.15, 0.2) is 24.3 Å². The molecule has 2 N–H and O–H groups in total. The molecule has 3 fully saturated rings. The van der Waals surface area contributed by atoms with E-state index in [1.807, 2.05) is 0 Å². The zero-order chi connectivity index (χ0) is 18.8. The van der Waals surface area contributed by atoms with E-state index in [4.69, 9.17) is 0 Å². The van der Waals surface area contributed by atoms with E-state index in [9.17, 15) is 9.59 Å². The van der Waals surface area contributed by atoms with Crippen molar-refractivity contribution in [3.63, 3.8) is 0 Å². The lowest BCUT2D eigenvalue weighted by molar-refractivity contribution is -0.134. The zero-order valence-corrected chi connectivity index (χ0v) is 16.2. The standard InChI is InChI=1S/C22H31N3O2/c1-15-6-2-3-8-17(15)18-12-19(18)22(27)25-11-5-7-16(14-25)13-24-21(26)20-9-4-10-23-20/h2-3,6,8,16,18-20,23H,4-5,7,9-14H2,1H3,(H,24,26). The highest BCUT2D eigenvalue weighted by Crippen LogP contribution is 2.49. The van der Waals surface area contributed by atoms with Gasteiger partial charge in [0.1, 0.15) is 0 Å². The predicted molar refractivity (Wildman–Crippen MR) is 105 cm³/mol. The lowest BCUT2D eigenvalue weighted by Gasteiger charge is -2.33. The van der Waals surface area contributed by atoms with E-state index in [0.29, 0.717) is 24.3 Å². The Morgan fingerprint density at radius 2 is 2.07 bits per heavy atom. The third-order valence-corrected chi connectivity index (χ3v) is 6.47. The van der Waals surface area contributed by atoms with E-state index in [0.717, 1.165) is 51.7 Å². The van der Waals surface area contributed by atoms with Crippen molar-refractivity contribution in [3.05, 3.63) is 35.4 Å². The van der Waals surface area contributed by atoms with Gasteiger partial charge in [0.05, 0.1) is 6.04 Å². The number of nitrogens with zero attached hydrogens (tertiary/aromatic N) is 1. The second-order valence-electron chi connectivity index (χ2n) is 8.49. The maximum Gasteiger partial charge on any atom is 0.237 e. The fourth-order valence-corrected chi connectivity index (χ4v) is 4.76. The third kappa shape index (κ3) is 4.18. The molecule has 1 aliphatic carbocycles. The van der Waals surface area contributed by atoms with Gasteiger partial charge < -0.3 is 15.5 Å². The van der Waals surface area contributed by atoms with Crippen LogP contribution in [0.5, 0.6) is 0 Å². The van der Waals surface area contributed by atoms with Crippen molar-refractivity contribution >= 4 is 11.8 Å². The van der Waals surface area contributed by atoms with Crippen molar-refractivity contribution < 1.29 is 9.59 Å². The fraction of sp³-hybridized carbons (Fsp3) is 0.636. The molecule has 0 aromatic heterocycles. The van der Waals surface area contributed by atoms with Gasteiger partial charge in [-0.3, -0.25) is 9.59 Å². The minimum Gasteiger partial charge on any atom is -0.354 e. The van der Waals surface area contributed by atoms with Gasteiger partial charge in [-0.2, -0.15) is 0 Å². The van der Waals surface area contributed by atoms with Crippen molar-refractivity contribution in [2.24, 2.45) is 11.8 Å². The van der Waals surface area contributed by atoms with Crippen LogP contribution in [0.3, 0.4) is 0 Å².